The molecule has 1 fully saturated rings. The molecule has 1 heterocycles. The maximum absolute atomic E-state index is 13.4. The Labute approximate surface area is 235 Å². The summed E-state index contributed by atoms with van der Waals surface area (Å²) in [6.45, 7) is 0.387. The molecule has 1 amide bonds. The number of aliphatic hydroxyl groups excluding tert-OH is 1. The van der Waals surface area contributed by atoms with Crippen LogP contribution in [0.2, 0.25) is 10.0 Å². The molecule has 1 N–H and O–H groups in total. The van der Waals surface area contributed by atoms with Crippen LogP contribution in [0, 0.1) is 0 Å². The molecule has 6 nitrogen and oxygen atoms in total. The van der Waals surface area contributed by atoms with E-state index in [0.29, 0.717) is 23.6 Å². The van der Waals surface area contributed by atoms with Crippen LogP contribution in [-0.4, -0.2) is 23.9 Å². The molecule has 5 rings (SSSR count). The minimum atomic E-state index is -0.932. The molecule has 1 saturated heterocycles. The number of rotatable bonds is 7. The van der Waals surface area contributed by atoms with Crippen molar-refractivity contribution in [3.63, 3.8) is 0 Å². The van der Waals surface area contributed by atoms with Gasteiger partial charge in [0.25, 0.3) is 11.7 Å². The summed E-state index contributed by atoms with van der Waals surface area (Å²) < 4.78 is 11.3. The molecule has 0 aromatic heterocycles. The van der Waals surface area contributed by atoms with Crippen molar-refractivity contribution < 1.29 is 24.2 Å². The van der Waals surface area contributed by atoms with Crippen LogP contribution in [-0.2, 0) is 16.2 Å². The molecule has 4 aromatic rings. The van der Waals surface area contributed by atoms with Crippen molar-refractivity contribution in [2.75, 3.05) is 12.0 Å². The van der Waals surface area contributed by atoms with Crippen LogP contribution in [0.15, 0.2) is 103 Å². The van der Waals surface area contributed by atoms with Gasteiger partial charge in [0.05, 0.1) is 29.3 Å². The number of benzene rings is 4. The molecule has 4 aromatic carbocycles. The van der Waals surface area contributed by atoms with E-state index in [1.165, 1.54) is 24.1 Å². The average Bonchev–Trinajstić information content (AvgIpc) is 3.22. The van der Waals surface area contributed by atoms with Gasteiger partial charge in [-0.3, -0.25) is 14.5 Å². The zero-order chi connectivity index (χ0) is 27.5. The summed E-state index contributed by atoms with van der Waals surface area (Å²) >= 11 is 12.5. The number of ketones is 1. The van der Waals surface area contributed by atoms with E-state index in [2.05, 4.69) is 0 Å². The lowest BCUT2D eigenvalue weighted by Gasteiger charge is -2.25. The number of Topliss-reactive ketones (excluding diaryl/α,β-unsaturated/α-hetero) is 1. The summed E-state index contributed by atoms with van der Waals surface area (Å²) in [5.41, 5.74) is 2.11. The van der Waals surface area contributed by atoms with Crippen LogP contribution in [0.25, 0.3) is 5.76 Å². The monoisotopic (exact) mass is 559 g/mol. The summed E-state index contributed by atoms with van der Waals surface area (Å²) in [7, 11) is 1.39. The molecule has 0 spiro atoms. The number of carbonyl (C=O) groups excluding carboxylic acids is 2. The van der Waals surface area contributed by atoms with Crippen molar-refractivity contribution in [3.8, 4) is 11.5 Å². The summed E-state index contributed by atoms with van der Waals surface area (Å²) in [6.07, 6.45) is 0. The van der Waals surface area contributed by atoms with Crippen molar-refractivity contribution in [2.45, 2.75) is 12.6 Å². The number of hydrogen-bond donors (Lipinski definition) is 1. The SMILES string of the molecule is COc1c(Cl)cc(Cl)cc1/C(O)=C1\C(=O)C(=O)N(c2ccccc2)C1c1ccc(OCc2ccccc2)cc1. The third-order valence-corrected chi connectivity index (χ3v) is 6.89. The number of carbonyl (C=O) groups is 2. The van der Waals surface area contributed by atoms with Crippen LogP contribution in [0.3, 0.4) is 0 Å². The Morgan fingerprint density at radius 2 is 1.54 bits per heavy atom. The van der Waals surface area contributed by atoms with Gasteiger partial charge in [-0.1, -0.05) is 83.9 Å². The van der Waals surface area contributed by atoms with Crippen molar-refractivity contribution in [3.05, 3.63) is 129 Å². The minimum absolute atomic E-state index is 0.105. The molecule has 1 aliphatic rings. The Bertz CT molecular complexity index is 1550. The minimum Gasteiger partial charge on any atom is -0.507 e. The van der Waals surface area contributed by atoms with E-state index in [4.69, 9.17) is 32.7 Å². The fraction of sp³-hybridized carbons (Fsp3) is 0.0968. The Balaban J connectivity index is 1.60. The number of methoxy groups -OCH3 is 1. The van der Waals surface area contributed by atoms with Crippen molar-refractivity contribution >= 4 is 46.3 Å². The smallest absolute Gasteiger partial charge is 0.300 e. The highest BCUT2D eigenvalue weighted by atomic mass is 35.5. The van der Waals surface area contributed by atoms with E-state index in [-0.39, 0.29) is 26.9 Å². The van der Waals surface area contributed by atoms with Gasteiger partial charge < -0.3 is 14.6 Å². The number of nitrogens with zero attached hydrogens (tertiary/aromatic N) is 1. The zero-order valence-corrected chi connectivity index (χ0v) is 22.3. The van der Waals surface area contributed by atoms with Crippen molar-refractivity contribution in [1.82, 2.24) is 0 Å². The maximum atomic E-state index is 13.4. The number of hydrogen-bond acceptors (Lipinski definition) is 5. The second kappa shape index (κ2) is 11.2. The molecule has 1 aliphatic heterocycles. The number of para-hydroxylation sites is 1. The Morgan fingerprint density at radius 1 is 0.897 bits per heavy atom. The summed E-state index contributed by atoms with van der Waals surface area (Å²) in [6, 6.07) is 27.6. The zero-order valence-electron chi connectivity index (χ0n) is 20.8. The Morgan fingerprint density at radius 3 is 2.18 bits per heavy atom. The quantitative estimate of drug-likeness (QED) is 0.147. The summed E-state index contributed by atoms with van der Waals surface area (Å²) in [5.74, 6) is -1.31. The third kappa shape index (κ3) is 5.21. The van der Waals surface area contributed by atoms with E-state index >= 15 is 0 Å². The number of amides is 1. The molecule has 8 heteroatoms. The number of ether oxygens (including phenoxy) is 2. The molecule has 1 atom stereocenters. The fourth-order valence-corrected chi connectivity index (χ4v) is 5.15. The lowest BCUT2D eigenvalue weighted by atomic mass is 9.94. The lowest BCUT2D eigenvalue weighted by Crippen LogP contribution is -2.29. The van der Waals surface area contributed by atoms with Gasteiger partial charge in [-0.15, -0.1) is 0 Å². The Hall–Kier alpha value is -4.26. The number of halogens is 2. The predicted molar refractivity (Wildman–Crippen MR) is 151 cm³/mol. The normalized spacial score (nSPS) is 16.4. The molecule has 39 heavy (non-hydrogen) atoms. The van der Waals surface area contributed by atoms with Crippen LogP contribution in [0.4, 0.5) is 5.69 Å². The molecular weight excluding hydrogens is 537 g/mol. The molecule has 0 saturated carbocycles. The van der Waals surface area contributed by atoms with E-state index in [0.717, 1.165) is 5.56 Å². The van der Waals surface area contributed by atoms with Crippen LogP contribution in [0.1, 0.15) is 22.7 Å². The molecule has 0 bridgehead atoms. The topological polar surface area (TPSA) is 76.1 Å². The lowest BCUT2D eigenvalue weighted by molar-refractivity contribution is -0.132. The second-order valence-electron chi connectivity index (χ2n) is 8.82. The van der Waals surface area contributed by atoms with Gasteiger partial charge in [0.15, 0.2) is 0 Å². The van der Waals surface area contributed by atoms with Gasteiger partial charge in [-0.25, -0.2) is 0 Å². The number of aliphatic hydroxyl groups is 1. The first-order valence-electron chi connectivity index (χ1n) is 12.0. The van der Waals surface area contributed by atoms with Gasteiger partial charge in [-0.05, 0) is 47.5 Å². The first-order chi connectivity index (χ1) is 18.9. The van der Waals surface area contributed by atoms with Crippen LogP contribution >= 0.6 is 23.2 Å². The van der Waals surface area contributed by atoms with Gasteiger partial charge in [0.1, 0.15) is 23.9 Å². The highest BCUT2D eigenvalue weighted by Gasteiger charge is 2.47. The first kappa shape index (κ1) is 26.4. The highest BCUT2D eigenvalue weighted by Crippen LogP contribution is 2.45. The second-order valence-corrected chi connectivity index (χ2v) is 9.66. The van der Waals surface area contributed by atoms with Crippen LogP contribution < -0.4 is 14.4 Å². The fourth-order valence-electron chi connectivity index (χ4n) is 4.58. The molecular formula is C31H23Cl2NO5. The van der Waals surface area contributed by atoms with E-state index in [9.17, 15) is 14.7 Å². The van der Waals surface area contributed by atoms with E-state index < -0.39 is 23.5 Å². The van der Waals surface area contributed by atoms with Gasteiger partial charge in [0, 0.05) is 10.7 Å². The molecule has 196 valence electrons. The van der Waals surface area contributed by atoms with Crippen LogP contribution in [0.5, 0.6) is 11.5 Å². The average molecular weight is 560 g/mol. The molecule has 1 unspecified atom stereocenters. The van der Waals surface area contributed by atoms with Gasteiger partial charge in [-0.2, -0.15) is 0 Å². The predicted octanol–water partition coefficient (Wildman–Crippen LogP) is 7.21. The first-order valence-corrected chi connectivity index (χ1v) is 12.8. The van der Waals surface area contributed by atoms with E-state index in [1.54, 1.807) is 48.5 Å². The number of anilines is 1. The van der Waals surface area contributed by atoms with Crippen molar-refractivity contribution in [1.29, 1.82) is 0 Å². The largest absolute Gasteiger partial charge is 0.507 e. The van der Waals surface area contributed by atoms with E-state index in [1.807, 2.05) is 36.4 Å². The van der Waals surface area contributed by atoms with Crippen molar-refractivity contribution in [2.24, 2.45) is 0 Å². The summed E-state index contributed by atoms with van der Waals surface area (Å²) in [4.78, 5) is 28.2. The van der Waals surface area contributed by atoms with Gasteiger partial charge in [0.2, 0.25) is 0 Å². The maximum Gasteiger partial charge on any atom is 0.300 e. The molecule has 0 aliphatic carbocycles. The third-order valence-electron chi connectivity index (χ3n) is 6.39. The molecule has 0 radical (unpaired) electrons. The standard InChI is InChI=1S/C31H23Cl2NO5/c1-38-30-24(16-21(32)17-25(30)33)28(35)26-27(34(31(37)29(26)36)22-10-6-3-7-11-22)20-12-14-23(15-13-20)39-18-19-8-4-2-5-9-19/h2-17,27,35H,18H2,1H3/b28-26+. The van der Waals surface area contributed by atoms with Gasteiger partial charge >= 0.3 is 0 Å². The summed E-state index contributed by atoms with van der Waals surface area (Å²) in [5, 5.41) is 11.9. The Kier molecular flexibility index (Phi) is 7.59. The highest BCUT2D eigenvalue weighted by molar-refractivity contribution is 6.51.